The van der Waals surface area contributed by atoms with E-state index in [4.69, 9.17) is 5.11 Å². The number of hydrogen-bond acceptors (Lipinski definition) is 3. The number of nitrogens with one attached hydrogen (secondary N) is 1. The Balaban J connectivity index is 2.70. The van der Waals surface area contributed by atoms with Crippen LogP contribution in [0.4, 0.5) is 0 Å². The smallest absolute Gasteiger partial charge is 0.252 e. The molecular formula is C11H12N2O2. The number of aromatic nitrogens is 2. The fourth-order valence-electron chi connectivity index (χ4n) is 1.52. The van der Waals surface area contributed by atoms with Crippen molar-refractivity contribution in [1.82, 2.24) is 9.97 Å². The number of aliphatic hydroxyl groups excluding tert-OH is 1. The Morgan fingerprint density at radius 1 is 1.47 bits per heavy atom. The number of pyridine rings is 2. The van der Waals surface area contributed by atoms with E-state index in [-0.39, 0.29) is 12.2 Å². The quantitative estimate of drug-likeness (QED) is 0.766. The highest BCUT2D eigenvalue weighted by Crippen LogP contribution is 2.10. The predicted molar refractivity (Wildman–Crippen MR) is 57.7 cm³/mol. The Kier molecular flexibility index (Phi) is 2.51. The standard InChI is InChI=1S/C11H12N2O2/c1-2-7-5-8-3-4-9(6-14)12-10(8)13-11(7)15/h3-5,14H,2,6H2,1H3,(H,12,13,15). The zero-order valence-corrected chi connectivity index (χ0v) is 8.45. The summed E-state index contributed by atoms with van der Waals surface area (Å²) in [7, 11) is 0. The van der Waals surface area contributed by atoms with E-state index in [0.717, 1.165) is 10.9 Å². The summed E-state index contributed by atoms with van der Waals surface area (Å²) >= 11 is 0. The molecule has 4 heteroatoms. The first kappa shape index (κ1) is 9.86. The van der Waals surface area contributed by atoms with E-state index in [1.165, 1.54) is 0 Å². The minimum atomic E-state index is -0.118. The maximum absolute atomic E-state index is 11.5. The van der Waals surface area contributed by atoms with E-state index in [2.05, 4.69) is 9.97 Å². The van der Waals surface area contributed by atoms with E-state index >= 15 is 0 Å². The van der Waals surface area contributed by atoms with Crippen molar-refractivity contribution in [1.29, 1.82) is 0 Å². The Morgan fingerprint density at radius 2 is 2.27 bits per heavy atom. The van der Waals surface area contributed by atoms with Crippen LogP contribution in [0.2, 0.25) is 0 Å². The molecule has 2 rings (SSSR count). The molecule has 0 aliphatic rings. The number of aromatic amines is 1. The monoisotopic (exact) mass is 204 g/mol. The number of aliphatic hydroxyl groups is 1. The second-order valence-electron chi connectivity index (χ2n) is 3.38. The van der Waals surface area contributed by atoms with Crippen LogP contribution in [0.3, 0.4) is 0 Å². The highest BCUT2D eigenvalue weighted by molar-refractivity contribution is 5.75. The van der Waals surface area contributed by atoms with Crippen LogP contribution < -0.4 is 5.56 Å². The minimum absolute atomic E-state index is 0.104. The fourth-order valence-corrected chi connectivity index (χ4v) is 1.52. The number of fused-ring (bicyclic) bond motifs is 1. The Labute approximate surface area is 86.6 Å². The van der Waals surface area contributed by atoms with Crippen molar-refractivity contribution in [2.75, 3.05) is 0 Å². The molecule has 0 unspecified atom stereocenters. The van der Waals surface area contributed by atoms with E-state index in [1.807, 2.05) is 19.1 Å². The molecule has 4 nitrogen and oxygen atoms in total. The number of aryl methyl sites for hydroxylation is 1. The summed E-state index contributed by atoms with van der Waals surface area (Å²) in [6.07, 6.45) is 0.701. The summed E-state index contributed by atoms with van der Waals surface area (Å²) < 4.78 is 0. The third-order valence-electron chi connectivity index (χ3n) is 2.38. The topological polar surface area (TPSA) is 66.0 Å². The first-order valence-corrected chi connectivity index (χ1v) is 4.87. The van der Waals surface area contributed by atoms with Gasteiger partial charge >= 0.3 is 0 Å². The molecule has 15 heavy (non-hydrogen) atoms. The van der Waals surface area contributed by atoms with Crippen LogP contribution in [0.5, 0.6) is 0 Å². The Bertz CT molecular complexity index is 546. The maximum atomic E-state index is 11.5. The van der Waals surface area contributed by atoms with Gasteiger partial charge in [0.05, 0.1) is 12.3 Å². The van der Waals surface area contributed by atoms with Gasteiger partial charge in [-0.05, 0) is 24.6 Å². The van der Waals surface area contributed by atoms with Gasteiger partial charge in [-0.2, -0.15) is 0 Å². The summed E-state index contributed by atoms with van der Waals surface area (Å²) in [4.78, 5) is 18.3. The molecule has 2 heterocycles. The molecule has 0 fully saturated rings. The second-order valence-corrected chi connectivity index (χ2v) is 3.38. The molecule has 2 aromatic rings. The van der Waals surface area contributed by atoms with Crippen LogP contribution in [0.25, 0.3) is 11.0 Å². The number of hydrogen-bond donors (Lipinski definition) is 2. The lowest BCUT2D eigenvalue weighted by Gasteiger charge is -2.01. The van der Waals surface area contributed by atoms with Crippen LogP contribution in [0.15, 0.2) is 23.0 Å². The molecular weight excluding hydrogens is 192 g/mol. The SMILES string of the molecule is CCc1cc2ccc(CO)nc2[nH]c1=O. The molecule has 0 saturated carbocycles. The average Bonchev–Trinajstić information content (AvgIpc) is 2.27. The van der Waals surface area contributed by atoms with Crippen LogP contribution >= 0.6 is 0 Å². The lowest BCUT2D eigenvalue weighted by atomic mass is 10.1. The molecule has 2 aromatic heterocycles. The van der Waals surface area contributed by atoms with Gasteiger partial charge in [-0.25, -0.2) is 4.98 Å². The molecule has 0 aliphatic heterocycles. The highest BCUT2D eigenvalue weighted by Gasteiger charge is 2.02. The third-order valence-corrected chi connectivity index (χ3v) is 2.38. The van der Waals surface area contributed by atoms with Gasteiger partial charge in [0, 0.05) is 10.9 Å². The van der Waals surface area contributed by atoms with Crippen molar-refractivity contribution in [3.8, 4) is 0 Å². The summed E-state index contributed by atoms with van der Waals surface area (Å²) in [5.41, 5.74) is 1.74. The van der Waals surface area contributed by atoms with Gasteiger partial charge in [0.2, 0.25) is 0 Å². The van der Waals surface area contributed by atoms with Gasteiger partial charge < -0.3 is 10.1 Å². The zero-order valence-electron chi connectivity index (χ0n) is 8.45. The van der Waals surface area contributed by atoms with Crippen molar-refractivity contribution in [2.45, 2.75) is 20.0 Å². The second kappa shape index (κ2) is 3.82. The summed E-state index contributed by atoms with van der Waals surface area (Å²) in [5.74, 6) is 0. The first-order chi connectivity index (χ1) is 7.24. The van der Waals surface area contributed by atoms with Gasteiger partial charge in [-0.1, -0.05) is 6.92 Å². The molecule has 0 bridgehead atoms. The number of rotatable bonds is 2. The largest absolute Gasteiger partial charge is 0.390 e. The Morgan fingerprint density at radius 3 is 2.93 bits per heavy atom. The summed E-state index contributed by atoms with van der Waals surface area (Å²) in [5, 5.41) is 9.80. The molecule has 0 saturated heterocycles. The lowest BCUT2D eigenvalue weighted by molar-refractivity contribution is 0.277. The van der Waals surface area contributed by atoms with Crippen molar-refractivity contribution in [3.05, 3.63) is 39.8 Å². The fraction of sp³-hybridized carbons (Fsp3) is 0.273. The first-order valence-electron chi connectivity index (χ1n) is 4.87. The summed E-state index contributed by atoms with van der Waals surface area (Å²) in [6.45, 7) is 1.82. The van der Waals surface area contributed by atoms with Crippen LogP contribution in [0.1, 0.15) is 18.2 Å². The number of H-pyrrole nitrogens is 1. The van der Waals surface area contributed by atoms with E-state index in [1.54, 1.807) is 6.07 Å². The van der Waals surface area contributed by atoms with Gasteiger partial charge in [-0.15, -0.1) is 0 Å². The van der Waals surface area contributed by atoms with Crippen molar-refractivity contribution in [2.24, 2.45) is 0 Å². The van der Waals surface area contributed by atoms with Crippen LogP contribution in [-0.4, -0.2) is 15.1 Å². The molecule has 2 N–H and O–H groups in total. The molecule has 78 valence electrons. The van der Waals surface area contributed by atoms with Gasteiger partial charge in [0.1, 0.15) is 5.65 Å². The average molecular weight is 204 g/mol. The molecule has 0 amide bonds. The van der Waals surface area contributed by atoms with E-state index in [0.29, 0.717) is 17.8 Å². The van der Waals surface area contributed by atoms with Crippen LogP contribution in [-0.2, 0) is 13.0 Å². The minimum Gasteiger partial charge on any atom is -0.390 e. The molecule has 0 aliphatic carbocycles. The third kappa shape index (κ3) is 1.76. The van der Waals surface area contributed by atoms with Gasteiger partial charge in [-0.3, -0.25) is 4.79 Å². The van der Waals surface area contributed by atoms with Gasteiger partial charge in [0.25, 0.3) is 5.56 Å². The van der Waals surface area contributed by atoms with Crippen LogP contribution in [0, 0.1) is 0 Å². The van der Waals surface area contributed by atoms with Crippen molar-refractivity contribution >= 4 is 11.0 Å². The lowest BCUT2D eigenvalue weighted by Crippen LogP contribution is -2.12. The van der Waals surface area contributed by atoms with Gasteiger partial charge in [0.15, 0.2) is 0 Å². The predicted octanol–water partition coefficient (Wildman–Crippen LogP) is 0.978. The number of nitrogens with zero attached hydrogens (tertiary/aromatic N) is 1. The van der Waals surface area contributed by atoms with Crippen molar-refractivity contribution in [3.63, 3.8) is 0 Å². The van der Waals surface area contributed by atoms with E-state index in [9.17, 15) is 4.79 Å². The van der Waals surface area contributed by atoms with E-state index < -0.39 is 0 Å². The molecule has 0 aromatic carbocycles. The molecule has 0 radical (unpaired) electrons. The normalized spacial score (nSPS) is 10.8. The zero-order chi connectivity index (χ0) is 10.8. The van der Waals surface area contributed by atoms with Crippen molar-refractivity contribution < 1.29 is 5.11 Å². The summed E-state index contributed by atoms with van der Waals surface area (Å²) in [6, 6.07) is 5.44. The highest BCUT2D eigenvalue weighted by atomic mass is 16.3. The molecule has 0 spiro atoms. The Hall–Kier alpha value is -1.68. The maximum Gasteiger partial charge on any atom is 0.252 e. The molecule has 0 atom stereocenters.